The molecule has 3 aliphatic rings. The molecule has 0 aliphatic heterocycles. The van der Waals surface area contributed by atoms with Crippen LogP contribution in [0.15, 0.2) is 24.3 Å². The summed E-state index contributed by atoms with van der Waals surface area (Å²) >= 11 is 0. The number of rotatable bonds is 3. The molecular weight excluding hydrogens is 218 g/mol. The highest BCUT2D eigenvalue weighted by molar-refractivity contribution is 5.35. The zero-order valence-corrected chi connectivity index (χ0v) is 11.0. The molecular formula is C17H23N. The molecule has 1 aromatic carbocycles. The molecule has 0 aromatic heterocycles. The maximum absolute atomic E-state index is 6.61. The van der Waals surface area contributed by atoms with Crippen LogP contribution in [0.3, 0.4) is 0 Å². The Hall–Kier alpha value is -0.820. The summed E-state index contributed by atoms with van der Waals surface area (Å²) in [5.41, 5.74) is 9.65. The van der Waals surface area contributed by atoms with Crippen LogP contribution in [0, 0.1) is 17.8 Å². The van der Waals surface area contributed by atoms with E-state index in [0.29, 0.717) is 6.04 Å². The smallest absolute Gasteiger partial charge is 0.0331 e. The lowest BCUT2D eigenvalue weighted by Gasteiger charge is -2.30. The second-order valence-electron chi connectivity index (χ2n) is 6.62. The summed E-state index contributed by atoms with van der Waals surface area (Å²) in [5, 5.41) is 0. The van der Waals surface area contributed by atoms with Gasteiger partial charge in [0.15, 0.2) is 0 Å². The van der Waals surface area contributed by atoms with Gasteiger partial charge in [0.25, 0.3) is 0 Å². The lowest BCUT2D eigenvalue weighted by atomic mass is 9.76. The molecule has 1 nitrogen and oxygen atoms in total. The molecule has 4 rings (SSSR count). The largest absolute Gasteiger partial charge is 0.324 e. The fourth-order valence-corrected chi connectivity index (χ4v) is 4.52. The SMILES string of the molecule is NC(c1ccccc1C1CCC1)C1C2CCCC21. The Morgan fingerprint density at radius 2 is 1.61 bits per heavy atom. The molecule has 3 fully saturated rings. The van der Waals surface area contributed by atoms with Crippen LogP contribution in [0.25, 0.3) is 0 Å². The van der Waals surface area contributed by atoms with Crippen LogP contribution < -0.4 is 5.73 Å². The molecule has 18 heavy (non-hydrogen) atoms. The van der Waals surface area contributed by atoms with Crippen molar-refractivity contribution < 1.29 is 0 Å². The van der Waals surface area contributed by atoms with E-state index in [2.05, 4.69) is 24.3 Å². The van der Waals surface area contributed by atoms with Crippen molar-refractivity contribution in [2.45, 2.75) is 50.5 Å². The van der Waals surface area contributed by atoms with Crippen LogP contribution in [-0.4, -0.2) is 0 Å². The van der Waals surface area contributed by atoms with E-state index in [1.165, 1.54) is 44.1 Å². The quantitative estimate of drug-likeness (QED) is 0.850. The molecule has 3 saturated carbocycles. The number of fused-ring (bicyclic) bond motifs is 1. The maximum atomic E-state index is 6.61. The first kappa shape index (κ1) is 11.0. The van der Waals surface area contributed by atoms with Crippen LogP contribution in [0.5, 0.6) is 0 Å². The summed E-state index contributed by atoms with van der Waals surface area (Å²) < 4.78 is 0. The van der Waals surface area contributed by atoms with Gasteiger partial charge < -0.3 is 5.73 Å². The lowest BCUT2D eigenvalue weighted by molar-refractivity contribution is 0.410. The Morgan fingerprint density at radius 1 is 0.944 bits per heavy atom. The van der Waals surface area contributed by atoms with Crippen molar-refractivity contribution in [3.05, 3.63) is 35.4 Å². The third-order valence-corrected chi connectivity index (χ3v) is 5.79. The van der Waals surface area contributed by atoms with Crippen molar-refractivity contribution in [1.29, 1.82) is 0 Å². The van der Waals surface area contributed by atoms with Crippen molar-refractivity contribution in [2.24, 2.45) is 23.5 Å². The minimum absolute atomic E-state index is 0.317. The fraction of sp³-hybridized carbons (Fsp3) is 0.647. The molecule has 0 radical (unpaired) electrons. The van der Waals surface area contributed by atoms with Gasteiger partial charge in [-0.15, -0.1) is 0 Å². The Labute approximate surface area is 110 Å². The first-order chi connectivity index (χ1) is 8.86. The van der Waals surface area contributed by atoms with E-state index in [1.807, 2.05) is 0 Å². The molecule has 0 saturated heterocycles. The van der Waals surface area contributed by atoms with Gasteiger partial charge in [0.05, 0.1) is 0 Å². The number of hydrogen-bond donors (Lipinski definition) is 1. The average molecular weight is 241 g/mol. The van der Waals surface area contributed by atoms with Gasteiger partial charge >= 0.3 is 0 Å². The summed E-state index contributed by atoms with van der Waals surface area (Å²) in [7, 11) is 0. The average Bonchev–Trinajstić information content (AvgIpc) is 2.80. The van der Waals surface area contributed by atoms with Gasteiger partial charge in [-0.25, -0.2) is 0 Å². The standard InChI is InChI=1S/C17H23N/c18-17(16-13-9-4-10-14(13)16)15-8-2-1-7-12(15)11-5-3-6-11/h1-2,7-8,11,13-14,16-17H,3-6,9-10,18H2. The molecule has 0 heterocycles. The molecule has 2 N–H and O–H groups in total. The van der Waals surface area contributed by atoms with Gasteiger partial charge in [-0.1, -0.05) is 37.1 Å². The molecule has 3 unspecified atom stereocenters. The van der Waals surface area contributed by atoms with E-state index >= 15 is 0 Å². The molecule has 1 heteroatoms. The third kappa shape index (κ3) is 1.56. The molecule has 0 bridgehead atoms. The molecule has 0 amide bonds. The van der Waals surface area contributed by atoms with Gasteiger partial charge in [-0.05, 0) is 60.5 Å². The van der Waals surface area contributed by atoms with E-state index in [0.717, 1.165) is 23.7 Å². The molecule has 96 valence electrons. The van der Waals surface area contributed by atoms with Crippen molar-refractivity contribution in [1.82, 2.24) is 0 Å². The van der Waals surface area contributed by atoms with E-state index < -0.39 is 0 Å². The normalized spacial score (nSPS) is 35.9. The van der Waals surface area contributed by atoms with Gasteiger partial charge in [0.1, 0.15) is 0 Å². The highest BCUT2D eigenvalue weighted by atomic mass is 14.8. The summed E-state index contributed by atoms with van der Waals surface area (Å²) in [6.07, 6.45) is 8.48. The first-order valence-corrected chi connectivity index (χ1v) is 7.70. The number of nitrogens with two attached hydrogens (primary N) is 1. The van der Waals surface area contributed by atoms with Gasteiger partial charge in [0, 0.05) is 6.04 Å². The predicted molar refractivity (Wildman–Crippen MR) is 74.3 cm³/mol. The topological polar surface area (TPSA) is 26.0 Å². The van der Waals surface area contributed by atoms with Crippen LogP contribution >= 0.6 is 0 Å². The Morgan fingerprint density at radius 3 is 2.28 bits per heavy atom. The van der Waals surface area contributed by atoms with Crippen LogP contribution in [0.4, 0.5) is 0 Å². The maximum Gasteiger partial charge on any atom is 0.0331 e. The highest BCUT2D eigenvalue weighted by Crippen LogP contribution is 2.62. The van der Waals surface area contributed by atoms with Gasteiger partial charge in [-0.3, -0.25) is 0 Å². The number of hydrogen-bond acceptors (Lipinski definition) is 1. The Kier molecular flexibility index (Phi) is 2.51. The zero-order valence-electron chi connectivity index (χ0n) is 11.0. The highest BCUT2D eigenvalue weighted by Gasteiger charge is 2.55. The Balaban J connectivity index is 1.60. The Bertz CT molecular complexity index is 439. The monoisotopic (exact) mass is 241 g/mol. The molecule has 1 aromatic rings. The summed E-state index contributed by atoms with van der Waals surface area (Å²) in [6.45, 7) is 0. The van der Waals surface area contributed by atoms with Crippen molar-refractivity contribution in [3.63, 3.8) is 0 Å². The zero-order chi connectivity index (χ0) is 12.1. The van der Waals surface area contributed by atoms with E-state index in [4.69, 9.17) is 5.73 Å². The summed E-state index contributed by atoms with van der Waals surface area (Å²) in [4.78, 5) is 0. The van der Waals surface area contributed by atoms with E-state index in [9.17, 15) is 0 Å². The minimum atomic E-state index is 0.317. The van der Waals surface area contributed by atoms with Gasteiger partial charge in [0.2, 0.25) is 0 Å². The second-order valence-corrected chi connectivity index (χ2v) is 6.62. The van der Waals surface area contributed by atoms with E-state index in [1.54, 1.807) is 5.56 Å². The molecule has 3 aliphatic carbocycles. The van der Waals surface area contributed by atoms with Crippen LogP contribution in [0.2, 0.25) is 0 Å². The lowest BCUT2D eigenvalue weighted by Crippen LogP contribution is -2.20. The number of benzene rings is 1. The fourth-order valence-electron chi connectivity index (χ4n) is 4.52. The molecule has 0 spiro atoms. The van der Waals surface area contributed by atoms with Crippen LogP contribution in [0.1, 0.15) is 61.6 Å². The van der Waals surface area contributed by atoms with Gasteiger partial charge in [-0.2, -0.15) is 0 Å². The second kappa shape index (κ2) is 4.09. The van der Waals surface area contributed by atoms with Crippen molar-refractivity contribution >= 4 is 0 Å². The first-order valence-electron chi connectivity index (χ1n) is 7.70. The van der Waals surface area contributed by atoms with E-state index in [-0.39, 0.29) is 0 Å². The predicted octanol–water partition coefficient (Wildman–Crippen LogP) is 4.00. The molecule has 3 atom stereocenters. The van der Waals surface area contributed by atoms with Crippen LogP contribution in [-0.2, 0) is 0 Å². The van der Waals surface area contributed by atoms with Crippen molar-refractivity contribution in [2.75, 3.05) is 0 Å². The summed E-state index contributed by atoms with van der Waals surface area (Å²) in [6, 6.07) is 9.31. The third-order valence-electron chi connectivity index (χ3n) is 5.79. The van der Waals surface area contributed by atoms with Crippen molar-refractivity contribution in [3.8, 4) is 0 Å². The minimum Gasteiger partial charge on any atom is -0.324 e. The summed E-state index contributed by atoms with van der Waals surface area (Å²) in [5.74, 6) is 3.55.